The smallest absolute Gasteiger partial charge is 0.255 e. The zero-order valence-corrected chi connectivity index (χ0v) is 17.3. The molecule has 0 aliphatic heterocycles. The number of carbonyl (C=O) groups excluding carboxylic acids is 2. The average Bonchev–Trinajstić information content (AvgIpc) is 3.15. The summed E-state index contributed by atoms with van der Waals surface area (Å²) in [5.41, 5.74) is 4.05. The zero-order valence-electron chi connectivity index (χ0n) is 15.7. The van der Waals surface area contributed by atoms with Crippen LogP contribution < -0.4 is 5.32 Å². The van der Waals surface area contributed by atoms with Crippen LogP contribution in [0.4, 0.5) is 5.69 Å². The number of nitrogens with one attached hydrogen (secondary N) is 1. The Bertz CT molecular complexity index is 1170. The number of benzene rings is 3. The maximum atomic E-state index is 12.4. The van der Waals surface area contributed by atoms with Crippen LogP contribution in [0, 0.1) is 6.92 Å². The molecule has 3 aromatic carbocycles. The van der Waals surface area contributed by atoms with Gasteiger partial charge in [0.2, 0.25) is 0 Å². The number of Topliss-reactive ketones (excluding diaryl/α,β-unsaturated/α-hetero) is 1. The molecule has 1 amide bonds. The summed E-state index contributed by atoms with van der Waals surface area (Å²) in [5.74, 6) is 0.290. The number of fused-ring (bicyclic) bond motifs is 1. The van der Waals surface area contributed by atoms with Gasteiger partial charge in [-0.25, -0.2) is 4.98 Å². The molecule has 29 heavy (non-hydrogen) atoms. The largest absolute Gasteiger partial charge is 0.322 e. The van der Waals surface area contributed by atoms with Crippen molar-refractivity contribution in [2.24, 2.45) is 0 Å². The molecule has 4 rings (SSSR count). The van der Waals surface area contributed by atoms with Gasteiger partial charge in [0.1, 0.15) is 0 Å². The van der Waals surface area contributed by atoms with E-state index in [0.717, 1.165) is 31.4 Å². The molecule has 0 radical (unpaired) electrons. The highest BCUT2D eigenvalue weighted by atomic mass is 32.2. The molecule has 0 bridgehead atoms. The van der Waals surface area contributed by atoms with Crippen LogP contribution in [0.3, 0.4) is 0 Å². The molecule has 4 aromatic rings. The van der Waals surface area contributed by atoms with E-state index in [2.05, 4.69) is 10.3 Å². The number of hydrogen-bond donors (Lipinski definition) is 1. The third-order valence-corrected chi connectivity index (χ3v) is 6.52. The number of carbonyl (C=O) groups is 2. The first kappa shape index (κ1) is 19.4. The van der Waals surface area contributed by atoms with Gasteiger partial charge < -0.3 is 5.32 Å². The van der Waals surface area contributed by atoms with Gasteiger partial charge in [0, 0.05) is 16.8 Å². The van der Waals surface area contributed by atoms with Gasteiger partial charge in [0.05, 0.1) is 16.0 Å². The molecule has 0 fully saturated rings. The number of aryl methyl sites for hydroxylation is 1. The van der Waals surface area contributed by atoms with Crippen LogP contribution in [-0.4, -0.2) is 22.4 Å². The predicted octanol–water partition coefficient (Wildman–Crippen LogP) is 5.83. The van der Waals surface area contributed by atoms with Crippen LogP contribution in [0.25, 0.3) is 10.2 Å². The fourth-order valence-electron chi connectivity index (χ4n) is 2.79. The number of thioether (sulfide) groups is 1. The van der Waals surface area contributed by atoms with Gasteiger partial charge in [-0.3, -0.25) is 9.59 Å². The minimum atomic E-state index is -0.146. The number of aromatic nitrogens is 1. The molecule has 0 atom stereocenters. The van der Waals surface area contributed by atoms with Crippen LogP contribution in [-0.2, 0) is 0 Å². The quantitative estimate of drug-likeness (QED) is 0.316. The van der Waals surface area contributed by atoms with Crippen LogP contribution >= 0.6 is 23.1 Å². The molecule has 1 heterocycles. The molecule has 4 nitrogen and oxygen atoms in total. The Balaban J connectivity index is 1.43. The molecular weight excluding hydrogens is 400 g/mol. The van der Waals surface area contributed by atoms with Crippen molar-refractivity contribution >= 4 is 50.7 Å². The Morgan fingerprint density at radius 2 is 1.72 bits per heavy atom. The molecule has 0 aliphatic rings. The Labute approximate surface area is 177 Å². The van der Waals surface area contributed by atoms with Crippen molar-refractivity contribution in [2.75, 3.05) is 11.1 Å². The monoisotopic (exact) mass is 418 g/mol. The first-order valence-corrected chi connectivity index (χ1v) is 10.9. The fourth-order valence-corrected chi connectivity index (χ4v) is 4.79. The van der Waals surface area contributed by atoms with Gasteiger partial charge in [-0.2, -0.15) is 0 Å². The van der Waals surface area contributed by atoms with Crippen molar-refractivity contribution in [3.8, 4) is 0 Å². The SMILES string of the molecule is Cc1ccc(C(=O)CSc2nc3ccc(NC(=O)c4ccccc4)cc3s2)cc1. The summed E-state index contributed by atoms with van der Waals surface area (Å²) in [5, 5.41) is 2.91. The van der Waals surface area contributed by atoms with E-state index in [1.54, 1.807) is 12.1 Å². The Morgan fingerprint density at radius 3 is 2.48 bits per heavy atom. The number of ketones is 1. The topological polar surface area (TPSA) is 59.1 Å². The molecule has 0 unspecified atom stereocenters. The number of hydrogen-bond acceptors (Lipinski definition) is 5. The second-order valence-electron chi connectivity index (χ2n) is 6.56. The molecule has 0 saturated carbocycles. The van der Waals surface area contributed by atoms with Gasteiger partial charge in [-0.15, -0.1) is 11.3 Å². The van der Waals surface area contributed by atoms with E-state index in [9.17, 15) is 9.59 Å². The maximum absolute atomic E-state index is 12.4. The highest BCUT2D eigenvalue weighted by Gasteiger charge is 2.11. The van der Waals surface area contributed by atoms with Crippen molar-refractivity contribution < 1.29 is 9.59 Å². The van der Waals surface area contributed by atoms with Gasteiger partial charge in [-0.1, -0.05) is 59.8 Å². The lowest BCUT2D eigenvalue weighted by Crippen LogP contribution is -2.11. The molecule has 0 saturated heterocycles. The summed E-state index contributed by atoms with van der Waals surface area (Å²) in [7, 11) is 0. The first-order chi connectivity index (χ1) is 14.1. The molecular formula is C23H18N2O2S2. The van der Waals surface area contributed by atoms with E-state index in [1.165, 1.54) is 23.1 Å². The standard InChI is InChI=1S/C23H18N2O2S2/c1-15-7-9-16(10-8-15)20(26)14-28-23-25-19-12-11-18(13-21(19)29-23)24-22(27)17-5-3-2-4-6-17/h2-13H,14H2,1H3,(H,24,27). The van der Waals surface area contributed by atoms with Crippen molar-refractivity contribution in [3.05, 3.63) is 89.5 Å². The maximum Gasteiger partial charge on any atom is 0.255 e. The lowest BCUT2D eigenvalue weighted by molar-refractivity contribution is 0.101. The van der Waals surface area contributed by atoms with Gasteiger partial charge in [0.15, 0.2) is 10.1 Å². The molecule has 0 spiro atoms. The summed E-state index contributed by atoms with van der Waals surface area (Å²) < 4.78 is 1.81. The van der Waals surface area contributed by atoms with Crippen LogP contribution in [0.15, 0.2) is 77.1 Å². The van der Waals surface area contributed by atoms with Crippen molar-refractivity contribution in [1.82, 2.24) is 4.98 Å². The van der Waals surface area contributed by atoms with Gasteiger partial charge in [-0.05, 0) is 37.3 Å². The zero-order chi connectivity index (χ0) is 20.2. The number of anilines is 1. The van der Waals surface area contributed by atoms with Crippen molar-refractivity contribution in [3.63, 3.8) is 0 Å². The minimum absolute atomic E-state index is 0.0880. The normalized spacial score (nSPS) is 10.8. The van der Waals surface area contributed by atoms with Crippen LogP contribution in [0.1, 0.15) is 26.3 Å². The van der Waals surface area contributed by atoms with Gasteiger partial charge >= 0.3 is 0 Å². The van der Waals surface area contributed by atoms with Crippen LogP contribution in [0.2, 0.25) is 0 Å². The summed E-state index contributed by atoms with van der Waals surface area (Å²) in [4.78, 5) is 29.3. The molecule has 6 heteroatoms. The average molecular weight is 419 g/mol. The molecule has 144 valence electrons. The number of thiazole rings is 1. The van der Waals surface area contributed by atoms with E-state index in [1.807, 2.05) is 67.6 Å². The molecule has 1 aromatic heterocycles. The van der Waals surface area contributed by atoms with E-state index in [-0.39, 0.29) is 11.7 Å². The van der Waals surface area contributed by atoms with Crippen LogP contribution in [0.5, 0.6) is 0 Å². The lowest BCUT2D eigenvalue weighted by Gasteiger charge is -2.04. The summed E-state index contributed by atoms with van der Waals surface area (Å²) in [6.07, 6.45) is 0. The number of nitrogens with zero attached hydrogens (tertiary/aromatic N) is 1. The predicted molar refractivity (Wildman–Crippen MR) is 120 cm³/mol. The third-order valence-electron chi connectivity index (χ3n) is 4.36. The molecule has 0 aliphatic carbocycles. The highest BCUT2D eigenvalue weighted by molar-refractivity contribution is 8.01. The Kier molecular flexibility index (Phi) is 5.74. The Hall–Kier alpha value is -2.96. The first-order valence-electron chi connectivity index (χ1n) is 9.08. The number of rotatable bonds is 6. The molecule has 1 N–H and O–H groups in total. The van der Waals surface area contributed by atoms with Crippen molar-refractivity contribution in [2.45, 2.75) is 11.3 Å². The van der Waals surface area contributed by atoms with E-state index < -0.39 is 0 Å². The minimum Gasteiger partial charge on any atom is -0.322 e. The summed E-state index contributed by atoms with van der Waals surface area (Å²) in [6, 6.07) is 22.4. The summed E-state index contributed by atoms with van der Waals surface area (Å²) >= 11 is 2.96. The van der Waals surface area contributed by atoms with E-state index >= 15 is 0 Å². The van der Waals surface area contributed by atoms with E-state index in [4.69, 9.17) is 0 Å². The lowest BCUT2D eigenvalue weighted by atomic mass is 10.1. The third kappa shape index (κ3) is 4.72. The highest BCUT2D eigenvalue weighted by Crippen LogP contribution is 2.31. The fraction of sp³-hybridized carbons (Fsp3) is 0.0870. The second kappa shape index (κ2) is 8.59. The Morgan fingerprint density at radius 1 is 0.966 bits per heavy atom. The summed E-state index contributed by atoms with van der Waals surface area (Å²) in [6.45, 7) is 2.00. The van der Waals surface area contributed by atoms with E-state index in [0.29, 0.717) is 11.3 Å². The van der Waals surface area contributed by atoms with Gasteiger partial charge in [0.25, 0.3) is 5.91 Å². The van der Waals surface area contributed by atoms with Crippen molar-refractivity contribution in [1.29, 1.82) is 0 Å². The number of amides is 1. The second-order valence-corrected chi connectivity index (χ2v) is 8.81.